The first-order valence-corrected chi connectivity index (χ1v) is 11.8. The molecule has 3 N–H and O–H groups in total. The van der Waals surface area contributed by atoms with Crippen LogP contribution in [0.5, 0.6) is 0 Å². The maximum atomic E-state index is 6.40. The minimum atomic E-state index is 0.404. The number of hydrogen-bond donors (Lipinski definition) is 3. The molecule has 0 saturated heterocycles. The van der Waals surface area contributed by atoms with Gasteiger partial charge in [-0.15, -0.1) is 0 Å². The molecule has 1 aromatic heterocycles. The Balaban J connectivity index is 1.52. The van der Waals surface area contributed by atoms with Crippen molar-refractivity contribution in [3.8, 4) is 0 Å². The molecule has 2 aliphatic rings. The van der Waals surface area contributed by atoms with E-state index in [-0.39, 0.29) is 0 Å². The van der Waals surface area contributed by atoms with Gasteiger partial charge in [-0.2, -0.15) is 0 Å². The number of rotatable bonds is 7. The van der Waals surface area contributed by atoms with E-state index < -0.39 is 0 Å². The molecule has 3 aromatic rings. The summed E-state index contributed by atoms with van der Waals surface area (Å²) in [6.07, 6.45) is 4.96. The van der Waals surface area contributed by atoms with Crippen molar-refractivity contribution in [3.05, 3.63) is 69.9 Å². The van der Waals surface area contributed by atoms with Crippen molar-refractivity contribution in [1.29, 1.82) is 0 Å². The second-order valence-corrected chi connectivity index (χ2v) is 9.72. The predicted octanol–water partition coefficient (Wildman–Crippen LogP) is 5.53. The van der Waals surface area contributed by atoms with E-state index in [0.717, 1.165) is 30.3 Å². The van der Waals surface area contributed by atoms with E-state index in [0.29, 0.717) is 17.9 Å². The zero-order valence-corrected chi connectivity index (χ0v) is 18.7. The Morgan fingerprint density at radius 1 is 1.10 bits per heavy atom. The van der Waals surface area contributed by atoms with Crippen LogP contribution in [0.1, 0.15) is 53.5 Å². The van der Waals surface area contributed by atoms with Gasteiger partial charge in [0.1, 0.15) is 0 Å². The molecule has 0 amide bonds. The van der Waals surface area contributed by atoms with Gasteiger partial charge < -0.3 is 15.6 Å². The van der Waals surface area contributed by atoms with Crippen LogP contribution in [-0.2, 0) is 6.42 Å². The van der Waals surface area contributed by atoms with Gasteiger partial charge in [-0.25, -0.2) is 0 Å². The summed E-state index contributed by atoms with van der Waals surface area (Å²) in [4.78, 5) is 3.74. The van der Waals surface area contributed by atoms with E-state index in [9.17, 15) is 0 Å². The van der Waals surface area contributed by atoms with Crippen molar-refractivity contribution in [2.45, 2.75) is 50.5 Å². The van der Waals surface area contributed by atoms with Crippen molar-refractivity contribution in [2.75, 3.05) is 20.1 Å². The molecule has 0 spiro atoms. The molecule has 30 heavy (non-hydrogen) atoms. The van der Waals surface area contributed by atoms with Crippen molar-refractivity contribution in [3.63, 3.8) is 0 Å². The summed E-state index contributed by atoms with van der Waals surface area (Å²) in [5.41, 5.74) is 6.82. The fourth-order valence-corrected chi connectivity index (χ4v) is 5.56. The molecule has 0 bridgehead atoms. The molecule has 3 atom stereocenters. The van der Waals surface area contributed by atoms with Crippen LogP contribution in [0.25, 0.3) is 10.9 Å². The summed E-state index contributed by atoms with van der Waals surface area (Å²) in [5.74, 6) is 1.82. The number of aromatic nitrogens is 1. The fraction of sp³-hybridized carbons (Fsp3) is 0.462. The summed E-state index contributed by atoms with van der Waals surface area (Å²) in [7, 11) is 2.13. The maximum absolute atomic E-state index is 6.40. The third-order valence-corrected chi connectivity index (χ3v) is 7.38. The topological polar surface area (TPSA) is 39.9 Å². The fourth-order valence-electron chi connectivity index (χ4n) is 5.38. The van der Waals surface area contributed by atoms with E-state index in [4.69, 9.17) is 11.6 Å². The van der Waals surface area contributed by atoms with Gasteiger partial charge in [-0.1, -0.05) is 41.4 Å². The third kappa shape index (κ3) is 3.91. The lowest BCUT2D eigenvalue weighted by Gasteiger charge is -2.39. The number of halogens is 1. The van der Waals surface area contributed by atoms with Crippen LogP contribution in [0.4, 0.5) is 0 Å². The van der Waals surface area contributed by atoms with E-state index in [1.807, 2.05) is 6.07 Å². The standard InChI is InChI=1S/C26H32ClN3/c1-16-3-7-18(8-4-16)21-14-24-25(22-13-19(27)9-10-23(22)30-24)20(26(21)28-2)11-12-29-15-17-5-6-17/h3-4,7-10,13,17,20-21,26,28-30H,5-6,11-12,14-15H2,1-2H3/t20-,21-,26+/m1/s1. The lowest BCUT2D eigenvalue weighted by Crippen LogP contribution is -2.43. The average Bonchev–Trinajstić information content (AvgIpc) is 3.50. The van der Waals surface area contributed by atoms with Gasteiger partial charge in [0.05, 0.1) is 0 Å². The van der Waals surface area contributed by atoms with Gasteiger partial charge in [-0.3, -0.25) is 0 Å². The monoisotopic (exact) mass is 421 g/mol. The molecule has 0 unspecified atom stereocenters. The smallest absolute Gasteiger partial charge is 0.0460 e. The first-order chi connectivity index (χ1) is 14.6. The second kappa shape index (κ2) is 8.37. The molecule has 1 saturated carbocycles. The first-order valence-electron chi connectivity index (χ1n) is 11.4. The Kier molecular flexibility index (Phi) is 5.61. The highest BCUT2D eigenvalue weighted by Gasteiger charge is 2.38. The van der Waals surface area contributed by atoms with Crippen molar-refractivity contribution in [2.24, 2.45) is 5.92 Å². The SMILES string of the molecule is CN[C@@H]1[C@@H](c2ccc(C)cc2)Cc2[nH]c3ccc(Cl)cc3c2[C@H]1CCNCC1CC1. The number of aromatic amines is 1. The van der Waals surface area contributed by atoms with Crippen LogP contribution in [0.3, 0.4) is 0 Å². The molecule has 5 rings (SSSR count). The van der Waals surface area contributed by atoms with Crippen LogP contribution < -0.4 is 10.6 Å². The number of nitrogens with one attached hydrogen (secondary N) is 3. The Morgan fingerprint density at radius 2 is 1.90 bits per heavy atom. The van der Waals surface area contributed by atoms with Gasteiger partial charge in [0, 0.05) is 39.5 Å². The largest absolute Gasteiger partial charge is 0.358 e. The molecule has 1 heterocycles. The Labute approximate surface area is 184 Å². The van der Waals surface area contributed by atoms with Crippen LogP contribution in [0.15, 0.2) is 42.5 Å². The Hall–Kier alpha value is -1.81. The first kappa shape index (κ1) is 20.1. The zero-order chi connectivity index (χ0) is 20.7. The van der Waals surface area contributed by atoms with Gasteiger partial charge in [0.15, 0.2) is 0 Å². The Morgan fingerprint density at radius 3 is 2.63 bits per heavy atom. The van der Waals surface area contributed by atoms with E-state index in [2.05, 4.69) is 66.0 Å². The van der Waals surface area contributed by atoms with Gasteiger partial charge >= 0.3 is 0 Å². The van der Waals surface area contributed by atoms with Crippen LogP contribution in [0.2, 0.25) is 5.02 Å². The van der Waals surface area contributed by atoms with Crippen molar-refractivity contribution in [1.82, 2.24) is 15.6 Å². The zero-order valence-electron chi connectivity index (χ0n) is 18.0. The highest BCUT2D eigenvalue weighted by Crippen LogP contribution is 2.45. The number of hydrogen-bond acceptors (Lipinski definition) is 2. The summed E-state index contributed by atoms with van der Waals surface area (Å²) in [5, 5.41) is 9.55. The second-order valence-electron chi connectivity index (χ2n) is 9.29. The summed E-state index contributed by atoms with van der Waals surface area (Å²) in [6, 6.07) is 15.8. The lowest BCUT2D eigenvalue weighted by molar-refractivity contribution is 0.347. The molecule has 4 heteroatoms. The molecule has 2 aliphatic carbocycles. The molecular weight excluding hydrogens is 390 g/mol. The predicted molar refractivity (Wildman–Crippen MR) is 127 cm³/mol. The van der Waals surface area contributed by atoms with Gasteiger partial charge in [-0.05, 0) is 88.0 Å². The Bertz CT molecular complexity index is 1020. The molecule has 1 fully saturated rings. The molecule has 0 radical (unpaired) electrons. The quantitative estimate of drug-likeness (QED) is 0.439. The van der Waals surface area contributed by atoms with Crippen molar-refractivity contribution >= 4 is 22.5 Å². The summed E-state index contributed by atoms with van der Waals surface area (Å²) < 4.78 is 0. The summed E-state index contributed by atoms with van der Waals surface area (Å²) >= 11 is 6.40. The maximum Gasteiger partial charge on any atom is 0.0460 e. The highest BCUT2D eigenvalue weighted by atomic mass is 35.5. The van der Waals surface area contributed by atoms with Gasteiger partial charge in [0.25, 0.3) is 0 Å². The van der Waals surface area contributed by atoms with E-state index in [1.54, 1.807) is 0 Å². The minimum Gasteiger partial charge on any atom is -0.358 e. The number of aryl methyl sites for hydroxylation is 1. The number of likely N-dealkylation sites (N-methyl/N-ethyl adjacent to an activating group) is 1. The number of fused-ring (bicyclic) bond motifs is 3. The van der Waals surface area contributed by atoms with Crippen molar-refractivity contribution < 1.29 is 0 Å². The number of benzene rings is 2. The highest BCUT2D eigenvalue weighted by molar-refractivity contribution is 6.31. The van der Waals surface area contributed by atoms with E-state index >= 15 is 0 Å². The molecule has 0 aliphatic heterocycles. The lowest BCUT2D eigenvalue weighted by atomic mass is 9.71. The average molecular weight is 422 g/mol. The van der Waals surface area contributed by atoms with Crippen LogP contribution >= 0.6 is 11.6 Å². The molecule has 2 aromatic carbocycles. The van der Waals surface area contributed by atoms with Crippen LogP contribution in [-0.4, -0.2) is 31.2 Å². The third-order valence-electron chi connectivity index (χ3n) is 7.15. The molecule has 158 valence electrons. The minimum absolute atomic E-state index is 0.404. The molecule has 3 nitrogen and oxygen atoms in total. The van der Waals surface area contributed by atoms with Crippen LogP contribution in [0, 0.1) is 12.8 Å². The van der Waals surface area contributed by atoms with Gasteiger partial charge in [0.2, 0.25) is 0 Å². The number of H-pyrrole nitrogens is 1. The molecular formula is C26H32ClN3. The summed E-state index contributed by atoms with van der Waals surface area (Å²) in [6.45, 7) is 4.39. The van der Waals surface area contributed by atoms with E-state index in [1.165, 1.54) is 52.7 Å². The normalized spacial score (nSPS) is 23.6.